The lowest BCUT2D eigenvalue weighted by molar-refractivity contribution is 0.249. The first kappa shape index (κ1) is 18.3. The number of benzene rings is 2. The van der Waals surface area contributed by atoms with Crippen LogP contribution < -0.4 is 10.2 Å². The Kier molecular flexibility index (Phi) is 5.43. The van der Waals surface area contributed by atoms with Gasteiger partial charge in [-0.15, -0.1) is 0 Å². The molecule has 4 rings (SSSR count). The van der Waals surface area contributed by atoms with Crippen molar-refractivity contribution in [3.8, 4) is 0 Å². The molecule has 1 aliphatic heterocycles. The molecule has 1 fully saturated rings. The summed E-state index contributed by atoms with van der Waals surface area (Å²) in [5.41, 5.74) is 1.76. The van der Waals surface area contributed by atoms with Gasteiger partial charge in [-0.05, 0) is 17.7 Å². The number of piperazine rings is 1. The standard InChI is InChI=1S/C21H21F2N5/c22-18-7-6-17(12-19(18)23)26-20-13-21(25-15-24-20)28-10-8-27(9-11-28)14-16-4-2-1-3-5-16/h1-7,12-13,15H,8-11,14H2,(H,24,25,26). The molecule has 1 aromatic heterocycles. The molecule has 0 atom stereocenters. The SMILES string of the molecule is Fc1ccc(Nc2cc(N3CCN(Cc4ccccc4)CC3)ncn2)cc1F. The summed E-state index contributed by atoms with van der Waals surface area (Å²) < 4.78 is 26.5. The zero-order valence-electron chi connectivity index (χ0n) is 15.4. The first-order valence-electron chi connectivity index (χ1n) is 9.23. The Bertz CT molecular complexity index is 927. The van der Waals surface area contributed by atoms with Gasteiger partial charge in [-0.2, -0.15) is 0 Å². The minimum Gasteiger partial charge on any atom is -0.354 e. The van der Waals surface area contributed by atoms with E-state index in [-0.39, 0.29) is 0 Å². The van der Waals surface area contributed by atoms with Gasteiger partial charge in [-0.3, -0.25) is 4.90 Å². The summed E-state index contributed by atoms with van der Waals surface area (Å²) in [5.74, 6) is -0.404. The van der Waals surface area contributed by atoms with Crippen molar-refractivity contribution < 1.29 is 8.78 Å². The van der Waals surface area contributed by atoms with E-state index in [4.69, 9.17) is 0 Å². The molecule has 3 aromatic rings. The molecule has 5 nitrogen and oxygen atoms in total. The first-order valence-corrected chi connectivity index (χ1v) is 9.23. The highest BCUT2D eigenvalue weighted by atomic mass is 19.2. The van der Waals surface area contributed by atoms with Crippen molar-refractivity contribution in [1.82, 2.24) is 14.9 Å². The average molecular weight is 381 g/mol. The molecule has 0 spiro atoms. The van der Waals surface area contributed by atoms with Crippen LogP contribution in [0.2, 0.25) is 0 Å². The third-order valence-electron chi connectivity index (χ3n) is 4.79. The van der Waals surface area contributed by atoms with Gasteiger partial charge in [0.15, 0.2) is 11.6 Å². The minimum absolute atomic E-state index is 0.441. The lowest BCUT2D eigenvalue weighted by atomic mass is 10.2. The Balaban J connectivity index is 1.37. The molecule has 7 heteroatoms. The summed E-state index contributed by atoms with van der Waals surface area (Å²) >= 11 is 0. The highest BCUT2D eigenvalue weighted by Gasteiger charge is 2.18. The maximum atomic E-state index is 13.4. The van der Waals surface area contributed by atoms with Crippen LogP contribution in [0.3, 0.4) is 0 Å². The van der Waals surface area contributed by atoms with Crippen molar-refractivity contribution in [1.29, 1.82) is 0 Å². The van der Waals surface area contributed by atoms with Crippen molar-refractivity contribution in [2.75, 3.05) is 36.4 Å². The molecule has 0 bridgehead atoms. The Labute approximate surface area is 162 Å². The Hall–Kier alpha value is -3.06. The van der Waals surface area contributed by atoms with Gasteiger partial charge in [-0.1, -0.05) is 30.3 Å². The largest absolute Gasteiger partial charge is 0.354 e. The predicted molar refractivity (Wildman–Crippen MR) is 106 cm³/mol. The molecule has 2 aromatic carbocycles. The third kappa shape index (κ3) is 4.43. The zero-order valence-corrected chi connectivity index (χ0v) is 15.4. The monoisotopic (exact) mass is 381 g/mol. The quantitative estimate of drug-likeness (QED) is 0.728. The molecule has 1 aliphatic rings. The van der Waals surface area contributed by atoms with Crippen molar-refractivity contribution in [2.24, 2.45) is 0 Å². The second kappa shape index (κ2) is 8.31. The van der Waals surface area contributed by atoms with Gasteiger partial charge in [0.2, 0.25) is 0 Å². The highest BCUT2D eigenvalue weighted by molar-refractivity contribution is 5.59. The first-order chi connectivity index (χ1) is 13.7. The number of hydrogen-bond acceptors (Lipinski definition) is 5. The van der Waals surface area contributed by atoms with E-state index in [0.717, 1.165) is 50.7 Å². The van der Waals surface area contributed by atoms with Crippen LogP contribution in [0.25, 0.3) is 0 Å². The fraction of sp³-hybridized carbons (Fsp3) is 0.238. The number of anilines is 3. The number of nitrogens with zero attached hydrogens (tertiary/aromatic N) is 4. The van der Waals surface area contributed by atoms with Crippen molar-refractivity contribution in [2.45, 2.75) is 6.54 Å². The van der Waals surface area contributed by atoms with E-state index in [1.807, 2.05) is 12.1 Å². The van der Waals surface area contributed by atoms with Gasteiger partial charge in [-0.25, -0.2) is 18.7 Å². The number of halogens is 2. The topological polar surface area (TPSA) is 44.3 Å². The molecule has 0 aliphatic carbocycles. The van der Waals surface area contributed by atoms with Crippen LogP contribution in [0.4, 0.5) is 26.1 Å². The van der Waals surface area contributed by atoms with Gasteiger partial charge in [0.1, 0.15) is 18.0 Å². The summed E-state index contributed by atoms with van der Waals surface area (Å²) in [6, 6.07) is 16.0. The van der Waals surface area contributed by atoms with Crippen molar-refractivity contribution in [3.63, 3.8) is 0 Å². The minimum atomic E-state index is -0.895. The van der Waals surface area contributed by atoms with Crippen LogP contribution in [-0.2, 0) is 6.54 Å². The molecule has 0 saturated carbocycles. The summed E-state index contributed by atoms with van der Waals surface area (Å²) in [6.45, 7) is 4.58. The molecule has 144 valence electrons. The van der Waals surface area contributed by atoms with E-state index in [2.05, 4.69) is 49.4 Å². The average Bonchev–Trinajstić information content (AvgIpc) is 2.72. The van der Waals surface area contributed by atoms with Crippen molar-refractivity contribution >= 4 is 17.3 Å². The second-order valence-electron chi connectivity index (χ2n) is 6.76. The Morgan fingerprint density at radius 2 is 1.64 bits per heavy atom. The normalized spacial score (nSPS) is 14.9. The summed E-state index contributed by atoms with van der Waals surface area (Å²) in [5, 5.41) is 3.00. The van der Waals surface area contributed by atoms with Gasteiger partial charge < -0.3 is 10.2 Å². The van der Waals surface area contributed by atoms with Gasteiger partial charge >= 0.3 is 0 Å². The molecule has 0 radical (unpaired) electrons. The summed E-state index contributed by atoms with van der Waals surface area (Å²) in [4.78, 5) is 13.2. The molecule has 1 saturated heterocycles. The second-order valence-corrected chi connectivity index (χ2v) is 6.76. The lowest BCUT2D eigenvalue weighted by Gasteiger charge is -2.35. The Morgan fingerprint density at radius 3 is 2.39 bits per heavy atom. The fourth-order valence-corrected chi connectivity index (χ4v) is 3.29. The maximum Gasteiger partial charge on any atom is 0.160 e. The maximum absolute atomic E-state index is 13.4. The van der Waals surface area contributed by atoms with E-state index >= 15 is 0 Å². The van der Waals surface area contributed by atoms with E-state index < -0.39 is 11.6 Å². The van der Waals surface area contributed by atoms with Gasteiger partial charge in [0.25, 0.3) is 0 Å². The van der Waals surface area contributed by atoms with E-state index in [1.54, 1.807) is 0 Å². The number of nitrogens with one attached hydrogen (secondary N) is 1. The number of rotatable bonds is 5. The van der Waals surface area contributed by atoms with Crippen LogP contribution in [0.15, 0.2) is 60.9 Å². The van der Waals surface area contributed by atoms with Gasteiger partial charge in [0.05, 0.1) is 0 Å². The molecule has 2 heterocycles. The highest BCUT2D eigenvalue weighted by Crippen LogP contribution is 2.21. The molecular formula is C21H21F2N5. The predicted octanol–water partition coefficient (Wildman–Crippen LogP) is 3.82. The van der Waals surface area contributed by atoms with Crippen LogP contribution in [0.5, 0.6) is 0 Å². The number of hydrogen-bond donors (Lipinski definition) is 1. The fourth-order valence-electron chi connectivity index (χ4n) is 3.29. The molecule has 28 heavy (non-hydrogen) atoms. The Morgan fingerprint density at radius 1 is 0.857 bits per heavy atom. The van der Waals surface area contributed by atoms with E-state index in [9.17, 15) is 8.78 Å². The molecular weight excluding hydrogens is 360 g/mol. The molecule has 0 amide bonds. The summed E-state index contributed by atoms with van der Waals surface area (Å²) in [7, 11) is 0. The van der Waals surface area contributed by atoms with Gasteiger partial charge in [0, 0.05) is 50.5 Å². The molecule has 1 N–H and O–H groups in total. The third-order valence-corrected chi connectivity index (χ3v) is 4.79. The summed E-state index contributed by atoms with van der Waals surface area (Å²) in [6.07, 6.45) is 1.48. The van der Waals surface area contributed by atoms with Crippen molar-refractivity contribution in [3.05, 3.63) is 78.1 Å². The van der Waals surface area contributed by atoms with Crippen LogP contribution >= 0.6 is 0 Å². The van der Waals surface area contributed by atoms with Crippen LogP contribution in [-0.4, -0.2) is 41.0 Å². The van der Waals surface area contributed by atoms with Crippen LogP contribution in [0.1, 0.15) is 5.56 Å². The zero-order chi connectivity index (χ0) is 19.3. The van der Waals surface area contributed by atoms with Crippen LogP contribution in [0, 0.1) is 11.6 Å². The van der Waals surface area contributed by atoms with E-state index in [0.29, 0.717) is 11.5 Å². The van der Waals surface area contributed by atoms with E-state index in [1.165, 1.54) is 18.0 Å². The lowest BCUT2D eigenvalue weighted by Crippen LogP contribution is -2.46. The molecule has 0 unspecified atom stereocenters. The smallest absolute Gasteiger partial charge is 0.160 e. The number of aromatic nitrogens is 2.